The van der Waals surface area contributed by atoms with Crippen LogP contribution in [-0.4, -0.2) is 32.8 Å². The molecule has 6 nitrogen and oxygen atoms in total. The second-order valence-electron chi connectivity index (χ2n) is 6.69. The quantitative estimate of drug-likeness (QED) is 0.890. The third kappa shape index (κ3) is 2.79. The van der Waals surface area contributed by atoms with Crippen molar-refractivity contribution in [3.8, 4) is 5.69 Å². The van der Waals surface area contributed by atoms with Crippen molar-refractivity contribution in [2.75, 3.05) is 0 Å². The Balaban J connectivity index is 1.56. The molecule has 1 amide bonds. The highest BCUT2D eigenvalue weighted by Crippen LogP contribution is 2.30. The number of amides is 1. The Morgan fingerprint density at radius 1 is 1.20 bits per heavy atom. The van der Waals surface area contributed by atoms with Gasteiger partial charge in [-0.15, -0.1) is 0 Å². The summed E-state index contributed by atoms with van der Waals surface area (Å²) in [6.07, 6.45) is 3.50. The van der Waals surface area contributed by atoms with Crippen molar-refractivity contribution in [1.29, 1.82) is 0 Å². The normalized spacial score (nSPS) is 21.5. The topological polar surface area (TPSA) is 84.2 Å². The first-order valence-corrected chi connectivity index (χ1v) is 8.43. The first-order chi connectivity index (χ1) is 12.0. The summed E-state index contributed by atoms with van der Waals surface area (Å²) in [6, 6.07) is 5.93. The molecule has 1 aromatic carbocycles. The van der Waals surface area contributed by atoms with E-state index < -0.39 is 5.97 Å². The number of aromatic nitrogens is 2. The molecule has 7 heteroatoms. The molecule has 0 atom stereocenters. The Morgan fingerprint density at radius 2 is 1.92 bits per heavy atom. The van der Waals surface area contributed by atoms with Crippen LogP contribution >= 0.6 is 0 Å². The van der Waals surface area contributed by atoms with E-state index in [9.17, 15) is 14.0 Å². The van der Waals surface area contributed by atoms with Crippen LogP contribution in [0.25, 0.3) is 5.69 Å². The molecule has 25 heavy (non-hydrogen) atoms. The van der Waals surface area contributed by atoms with Gasteiger partial charge < -0.3 is 10.4 Å². The summed E-state index contributed by atoms with van der Waals surface area (Å²) in [6.45, 7) is 0. The lowest BCUT2D eigenvalue weighted by atomic mass is 9.80. The number of nitrogens with one attached hydrogen (secondary N) is 1. The van der Waals surface area contributed by atoms with Crippen molar-refractivity contribution in [1.82, 2.24) is 15.1 Å². The lowest BCUT2D eigenvalue weighted by Crippen LogP contribution is -2.47. The molecular weight excluding hydrogens is 325 g/mol. The fourth-order valence-electron chi connectivity index (χ4n) is 3.61. The van der Waals surface area contributed by atoms with Crippen LogP contribution in [0.3, 0.4) is 0 Å². The van der Waals surface area contributed by atoms with E-state index in [-0.39, 0.29) is 23.7 Å². The number of carboxylic acid groups (broad SMARTS) is 1. The smallest absolute Gasteiger partial charge is 0.306 e. The molecule has 130 valence electrons. The fraction of sp³-hybridized carbons (Fsp3) is 0.389. The van der Waals surface area contributed by atoms with Gasteiger partial charge in [-0.25, -0.2) is 9.07 Å². The van der Waals surface area contributed by atoms with Crippen LogP contribution in [-0.2, 0) is 17.6 Å². The predicted octanol–water partition coefficient (Wildman–Crippen LogP) is 2.09. The number of hydrogen-bond donors (Lipinski definition) is 2. The van der Waals surface area contributed by atoms with Crippen LogP contribution in [0.5, 0.6) is 0 Å². The molecule has 0 aliphatic heterocycles. The van der Waals surface area contributed by atoms with Crippen molar-refractivity contribution in [3.05, 3.63) is 47.0 Å². The second kappa shape index (κ2) is 5.98. The van der Waals surface area contributed by atoms with Crippen molar-refractivity contribution < 1.29 is 19.1 Å². The van der Waals surface area contributed by atoms with E-state index in [2.05, 4.69) is 10.4 Å². The predicted molar refractivity (Wildman–Crippen MR) is 87.2 cm³/mol. The van der Waals surface area contributed by atoms with Gasteiger partial charge in [0.15, 0.2) is 5.69 Å². The van der Waals surface area contributed by atoms with Crippen LogP contribution in [0.1, 0.15) is 41.0 Å². The van der Waals surface area contributed by atoms with Gasteiger partial charge in [0, 0.05) is 17.3 Å². The number of carbonyl (C=O) groups excluding carboxylic acids is 1. The molecule has 0 bridgehead atoms. The van der Waals surface area contributed by atoms with Gasteiger partial charge in [-0.05, 0) is 56.4 Å². The standard InChI is InChI=1S/C18H18FN3O3/c19-11-4-6-13(7-5-11)22-15-3-1-2-14(15)16(21-22)17(23)20-12-8-10(9-12)18(24)25/h4-7,10,12H,1-3,8-9H2,(H,20,23)(H,24,25). The molecule has 4 rings (SSSR count). The molecule has 0 unspecified atom stereocenters. The number of hydrogen-bond acceptors (Lipinski definition) is 3. The van der Waals surface area contributed by atoms with Gasteiger partial charge in [0.2, 0.25) is 0 Å². The maximum atomic E-state index is 13.2. The molecule has 0 spiro atoms. The highest BCUT2D eigenvalue weighted by molar-refractivity contribution is 5.94. The van der Waals surface area contributed by atoms with E-state index in [4.69, 9.17) is 5.11 Å². The zero-order valence-corrected chi connectivity index (χ0v) is 13.5. The van der Waals surface area contributed by atoms with Crippen molar-refractivity contribution in [2.45, 2.75) is 38.1 Å². The van der Waals surface area contributed by atoms with Crippen LogP contribution in [0.4, 0.5) is 4.39 Å². The van der Waals surface area contributed by atoms with Crippen LogP contribution < -0.4 is 5.32 Å². The summed E-state index contributed by atoms with van der Waals surface area (Å²) in [4.78, 5) is 23.5. The number of carbonyl (C=O) groups is 2. The summed E-state index contributed by atoms with van der Waals surface area (Å²) in [5.41, 5.74) is 3.06. The van der Waals surface area contributed by atoms with Gasteiger partial charge in [0.05, 0.1) is 11.6 Å². The Kier molecular flexibility index (Phi) is 3.78. The SMILES string of the molecule is O=C(NC1CC(C(=O)O)C1)c1nn(-c2ccc(F)cc2)c2c1CCC2. The first kappa shape index (κ1) is 15.8. The molecule has 1 aromatic heterocycles. The summed E-state index contributed by atoms with van der Waals surface area (Å²) < 4.78 is 14.9. The summed E-state index contributed by atoms with van der Waals surface area (Å²) in [5.74, 6) is -1.75. The molecule has 0 saturated heterocycles. The molecule has 1 saturated carbocycles. The maximum Gasteiger partial charge on any atom is 0.306 e. The highest BCUT2D eigenvalue weighted by Gasteiger charge is 2.36. The molecule has 2 aromatic rings. The van der Waals surface area contributed by atoms with E-state index in [1.807, 2.05) is 0 Å². The molecule has 0 radical (unpaired) electrons. The van der Waals surface area contributed by atoms with E-state index in [1.165, 1.54) is 12.1 Å². The van der Waals surface area contributed by atoms with Gasteiger partial charge in [-0.1, -0.05) is 0 Å². The Hall–Kier alpha value is -2.70. The molecule has 2 N–H and O–H groups in total. The molecule has 1 fully saturated rings. The summed E-state index contributed by atoms with van der Waals surface area (Å²) in [5, 5.41) is 16.3. The molecular formula is C18H18FN3O3. The zero-order valence-electron chi connectivity index (χ0n) is 13.5. The Bertz CT molecular complexity index is 838. The number of halogens is 1. The second-order valence-corrected chi connectivity index (χ2v) is 6.69. The fourth-order valence-corrected chi connectivity index (χ4v) is 3.61. The molecule has 2 aliphatic carbocycles. The van der Waals surface area contributed by atoms with E-state index >= 15 is 0 Å². The number of aliphatic carboxylic acids is 1. The highest BCUT2D eigenvalue weighted by atomic mass is 19.1. The van der Waals surface area contributed by atoms with Gasteiger partial charge in [-0.2, -0.15) is 5.10 Å². The van der Waals surface area contributed by atoms with Gasteiger partial charge in [0.25, 0.3) is 5.91 Å². The van der Waals surface area contributed by atoms with Gasteiger partial charge in [-0.3, -0.25) is 9.59 Å². The van der Waals surface area contributed by atoms with E-state index in [1.54, 1.807) is 16.8 Å². The molecule has 2 aliphatic rings. The lowest BCUT2D eigenvalue weighted by molar-refractivity contribution is -0.145. The Morgan fingerprint density at radius 3 is 2.60 bits per heavy atom. The van der Waals surface area contributed by atoms with Crippen molar-refractivity contribution in [2.24, 2.45) is 5.92 Å². The zero-order chi connectivity index (χ0) is 17.6. The van der Waals surface area contributed by atoms with Gasteiger partial charge >= 0.3 is 5.97 Å². The van der Waals surface area contributed by atoms with Crippen molar-refractivity contribution in [3.63, 3.8) is 0 Å². The number of carboxylic acids is 1. The minimum Gasteiger partial charge on any atom is -0.481 e. The number of rotatable bonds is 4. The third-order valence-electron chi connectivity index (χ3n) is 5.04. The maximum absolute atomic E-state index is 13.2. The summed E-state index contributed by atoms with van der Waals surface area (Å²) in [7, 11) is 0. The van der Waals surface area contributed by atoms with Crippen LogP contribution in [0, 0.1) is 11.7 Å². The minimum absolute atomic E-state index is 0.110. The lowest BCUT2D eigenvalue weighted by Gasteiger charge is -2.32. The van der Waals surface area contributed by atoms with E-state index in [0.717, 1.165) is 36.2 Å². The number of nitrogens with zero attached hydrogens (tertiary/aromatic N) is 2. The van der Waals surface area contributed by atoms with Crippen molar-refractivity contribution >= 4 is 11.9 Å². The average molecular weight is 343 g/mol. The first-order valence-electron chi connectivity index (χ1n) is 8.43. The van der Waals surface area contributed by atoms with Crippen LogP contribution in [0.15, 0.2) is 24.3 Å². The monoisotopic (exact) mass is 343 g/mol. The van der Waals surface area contributed by atoms with Gasteiger partial charge in [0.1, 0.15) is 5.82 Å². The average Bonchev–Trinajstić information content (AvgIpc) is 3.13. The number of fused-ring (bicyclic) bond motifs is 1. The van der Waals surface area contributed by atoms with E-state index in [0.29, 0.717) is 18.5 Å². The van der Waals surface area contributed by atoms with Crippen LogP contribution in [0.2, 0.25) is 0 Å². The third-order valence-corrected chi connectivity index (χ3v) is 5.04. The Labute approximate surface area is 143 Å². The largest absolute Gasteiger partial charge is 0.481 e. The molecule has 1 heterocycles. The minimum atomic E-state index is -0.813. The summed E-state index contributed by atoms with van der Waals surface area (Å²) >= 11 is 0. The number of benzene rings is 1.